The highest BCUT2D eigenvalue weighted by Gasteiger charge is 2.20. The second kappa shape index (κ2) is 7.04. The highest BCUT2D eigenvalue weighted by atomic mass is 32.2. The van der Waals surface area contributed by atoms with Gasteiger partial charge in [0.1, 0.15) is 11.9 Å². The van der Waals surface area contributed by atoms with Gasteiger partial charge in [0, 0.05) is 0 Å². The maximum Gasteiger partial charge on any atom is 0.408 e. The summed E-state index contributed by atoms with van der Waals surface area (Å²) in [5.74, 6) is 0.547. The molecular formula is C15H23NO4S. The number of hydrogen-bond donors (Lipinski definition) is 1. The molecule has 5 nitrogen and oxygen atoms in total. The van der Waals surface area contributed by atoms with Crippen LogP contribution in [-0.4, -0.2) is 29.6 Å². The Labute approximate surface area is 129 Å². The number of hydrogen-bond acceptors (Lipinski definition) is 4. The highest BCUT2D eigenvalue weighted by molar-refractivity contribution is 7.90. The minimum absolute atomic E-state index is 0.243. The number of amides is 1. The largest absolute Gasteiger partial charge is 0.612 e. The van der Waals surface area contributed by atoms with Crippen LogP contribution in [0.2, 0.25) is 0 Å². The maximum atomic E-state index is 11.8. The van der Waals surface area contributed by atoms with Gasteiger partial charge >= 0.3 is 6.09 Å². The summed E-state index contributed by atoms with van der Waals surface area (Å²) < 4.78 is 22.0. The third kappa shape index (κ3) is 5.47. The van der Waals surface area contributed by atoms with Gasteiger partial charge < -0.3 is 19.3 Å². The Kier molecular flexibility index (Phi) is 5.92. The summed E-state index contributed by atoms with van der Waals surface area (Å²) in [5.41, 5.74) is 0.316. The van der Waals surface area contributed by atoms with Crippen molar-refractivity contribution >= 4 is 17.3 Å². The van der Waals surface area contributed by atoms with E-state index in [4.69, 9.17) is 9.47 Å². The van der Waals surface area contributed by atoms with Gasteiger partial charge in [0.15, 0.2) is 10.6 Å². The van der Waals surface area contributed by atoms with E-state index >= 15 is 0 Å². The molecule has 0 bridgehead atoms. The fourth-order valence-electron chi connectivity index (χ4n) is 1.76. The van der Waals surface area contributed by atoms with Crippen LogP contribution in [0.4, 0.5) is 4.79 Å². The molecule has 2 atom stereocenters. The molecule has 0 aliphatic rings. The number of carbonyl (C=O) groups is 1. The standard InChI is InChI=1S/C15H23NO4S/c1-10(16-14(17)20-15(2,3)4)11-7-8-13(21(6)18)12(9-11)19-5/h7-10H,1-6H3,(H,16,17). The Morgan fingerprint density at radius 1 is 1.38 bits per heavy atom. The second-order valence-electron chi connectivity index (χ2n) is 5.73. The molecule has 2 unspecified atom stereocenters. The van der Waals surface area contributed by atoms with E-state index < -0.39 is 22.9 Å². The molecule has 1 aromatic carbocycles. The number of nitrogens with one attached hydrogen (secondary N) is 1. The molecule has 0 fully saturated rings. The first-order chi connectivity index (χ1) is 9.64. The lowest BCUT2D eigenvalue weighted by molar-refractivity contribution is 0.0508. The molecule has 0 spiro atoms. The lowest BCUT2D eigenvalue weighted by Crippen LogP contribution is -2.34. The van der Waals surface area contributed by atoms with E-state index in [0.717, 1.165) is 5.56 Å². The second-order valence-corrected chi connectivity index (χ2v) is 7.08. The van der Waals surface area contributed by atoms with Gasteiger partial charge in [0.05, 0.1) is 13.2 Å². The molecule has 0 heterocycles. The van der Waals surface area contributed by atoms with Crippen molar-refractivity contribution in [3.63, 3.8) is 0 Å². The molecule has 1 aromatic rings. The number of carbonyl (C=O) groups excluding carboxylic acids is 1. The van der Waals surface area contributed by atoms with Crippen LogP contribution < -0.4 is 10.1 Å². The predicted octanol–water partition coefficient (Wildman–Crippen LogP) is 3.02. The van der Waals surface area contributed by atoms with Crippen LogP contribution in [0.25, 0.3) is 0 Å². The average Bonchev–Trinajstić information content (AvgIpc) is 2.35. The summed E-state index contributed by atoms with van der Waals surface area (Å²) in [6.07, 6.45) is 1.12. The molecule has 118 valence electrons. The fraction of sp³-hybridized carbons (Fsp3) is 0.533. The van der Waals surface area contributed by atoms with Crippen molar-refractivity contribution in [3.8, 4) is 5.75 Å². The molecule has 1 amide bonds. The van der Waals surface area contributed by atoms with Crippen molar-refractivity contribution in [1.82, 2.24) is 5.32 Å². The van der Waals surface area contributed by atoms with Crippen LogP contribution in [0.3, 0.4) is 0 Å². The molecule has 0 aromatic heterocycles. The molecule has 0 radical (unpaired) electrons. The van der Waals surface area contributed by atoms with Crippen molar-refractivity contribution < 1.29 is 18.8 Å². The molecular weight excluding hydrogens is 290 g/mol. The van der Waals surface area contributed by atoms with Crippen molar-refractivity contribution in [1.29, 1.82) is 0 Å². The summed E-state index contributed by atoms with van der Waals surface area (Å²) >= 11 is -1.12. The van der Waals surface area contributed by atoms with Crippen LogP contribution in [0.5, 0.6) is 5.75 Å². The minimum atomic E-state index is -1.12. The number of alkyl carbamates (subject to hydrolysis) is 1. The molecule has 0 saturated carbocycles. The van der Waals surface area contributed by atoms with E-state index in [1.807, 2.05) is 33.8 Å². The third-order valence-corrected chi connectivity index (χ3v) is 3.69. The van der Waals surface area contributed by atoms with E-state index in [9.17, 15) is 9.35 Å². The Balaban J connectivity index is 2.83. The molecule has 6 heteroatoms. The molecule has 0 aliphatic carbocycles. The van der Waals surface area contributed by atoms with Crippen LogP contribution in [0, 0.1) is 0 Å². The van der Waals surface area contributed by atoms with E-state index in [2.05, 4.69) is 5.32 Å². The Bertz CT molecular complexity index is 497. The molecule has 21 heavy (non-hydrogen) atoms. The third-order valence-electron chi connectivity index (χ3n) is 2.73. The highest BCUT2D eigenvalue weighted by Crippen LogP contribution is 2.27. The Morgan fingerprint density at radius 2 is 2.00 bits per heavy atom. The van der Waals surface area contributed by atoms with Crippen molar-refractivity contribution in [2.75, 3.05) is 13.4 Å². The molecule has 0 saturated heterocycles. The number of ether oxygens (including phenoxy) is 2. The number of methoxy groups -OCH3 is 1. The first-order valence-electron chi connectivity index (χ1n) is 6.65. The monoisotopic (exact) mass is 313 g/mol. The van der Waals surface area contributed by atoms with Gasteiger partial charge in [-0.2, -0.15) is 0 Å². The maximum absolute atomic E-state index is 11.8. The summed E-state index contributed by atoms with van der Waals surface area (Å²) in [6.45, 7) is 7.28. The van der Waals surface area contributed by atoms with Crippen LogP contribution in [0.1, 0.15) is 39.3 Å². The number of rotatable bonds is 4. The van der Waals surface area contributed by atoms with Crippen molar-refractivity contribution in [3.05, 3.63) is 23.8 Å². The SMILES string of the molecule is COc1cc(C(C)NC(=O)OC(C)(C)C)ccc1[S+](C)[O-]. The van der Waals surface area contributed by atoms with Crippen molar-refractivity contribution in [2.45, 2.75) is 44.2 Å². The van der Waals surface area contributed by atoms with Crippen LogP contribution in [-0.2, 0) is 15.9 Å². The first-order valence-corrected chi connectivity index (χ1v) is 8.20. The van der Waals surface area contributed by atoms with E-state index in [0.29, 0.717) is 10.6 Å². The van der Waals surface area contributed by atoms with Gasteiger partial charge in [-0.25, -0.2) is 4.79 Å². The average molecular weight is 313 g/mol. The lowest BCUT2D eigenvalue weighted by Gasteiger charge is -2.22. The van der Waals surface area contributed by atoms with E-state index in [-0.39, 0.29) is 6.04 Å². The molecule has 1 rings (SSSR count). The van der Waals surface area contributed by atoms with Gasteiger partial charge in [-0.05, 0) is 56.6 Å². The van der Waals surface area contributed by atoms with Gasteiger partial charge in [-0.3, -0.25) is 0 Å². The summed E-state index contributed by atoms with van der Waals surface area (Å²) in [4.78, 5) is 12.4. The van der Waals surface area contributed by atoms with Gasteiger partial charge in [-0.15, -0.1) is 0 Å². The Hall–Kier alpha value is -1.40. The van der Waals surface area contributed by atoms with Crippen molar-refractivity contribution in [2.24, 2.45) is 0 Å². The molecule has 0 aliphatic heterocycles. The summed E-state index contributed by atoms with van der Waals surface area (Å²) in [6, 6.07) is 5.10. The minimum Gasteiger partial charge on any atom is -0.612 e. The summed E-state index contributed by atoms with van der Waals surface area (Å²) in [5, 5.41) is 2.76. The topological polar surface area (TPSA) is 70.6 Å². The van der Waals surface area contributed by atoms with Crippen LogP contribution in [0.15, 0.2) is 23.1 Å². The zero-order valence-electron chi connectivity index (χ0n) is 13.4. The number of benzene rings is 1. The fourth-order valence-corrected chi connectivity index (χ4v) is 2.44. The Morgan fingerprint density at radius 3 is 2.48 bits per heavy atom. The van der Waals surface area contributed by atoms with Gasteiger partial charge in [0.25, 0.3) is 0 Å². The normalized spacial score (nSPS) is 14.2. The summed E-state index contributed by atoms with van der Waals surface area (Å²) in [7, 11) is 1.53. The zero-order chi connectivity index (χ0) is 16.2. The molecule has 1 N–H and O–H groups in total. The zero-order valence-corrected chi connectivity index (χ0v) is 14.2. The van der Waals surface area contributed by atoms with Gasteiger partial charge in [-0.1, -0.05) is 6.07 Å². The lowest BCUT2D eigenvalue weighted by atomic mass is 10.1. The first kappa shape index (κ1) is 17.7. The van der Waals surface area contributed by atoms with Crippen LogP contribution >= 0.6 is 0 Å². The predicted molar refractivity (Wildman–Crippen MR) is 83.1 cm³/mol. The van der Waals surface area contributed by atoms with E-state index in [1.54, 1.807) is 18.4 Å². The quantitative estimate of drug-likeness (QED) is 0.867. The van der Waals surface area contributed by atoms with Gasteiger partial charge in [0.2, 0.25) is 0 Å². The smallest absolute Gasteiger partial charge is 0.408 e. The van der Waals surface area contributed by atoms with E-state index in [1.165, 1.54) is 7.11 Å².